The molecule has 1 aromatic carbocycles. The Labute approximate surface area is 126 Å². The van der Waals surface area contributed by atoms with E-state index in [4.69, 9.17) is 22.2 Å². The minimum Gasteiger partial charge on any atom is -0.266 e. The zero-order valence-corrected chi connectivity index (χ0v) is 15.4. The lowest BCUT2D eigenvalue weighted by Gasteiger charge is -2.54. The number of rotatable bonds is 3. The van der Waals surface area contributed by atoms with E-state index in [0.717, 1.165) is 0 Å². The molecule has 0 atom stereocenters. The molecule has 1 aliphatic heterocycles. The van der Waals surface area contributed by atoms with Gasteiger partial charge in [0.1, 0.15) is 0 Å². The molecule has 1 aromatic rings. The van der Waals surface area contributed by atoms with Gasteiger partial charge in [0.15, 0.2) is 0 Å². The second-order valence-corrected chi connectivity index (χ2v) is 19.1. The third kappa shape index (κ3) is 3.00. The second kappa shape index (κ2) is 5.16. The zero-order valence-electron chi connectivity index (χ0n) is 11.0. The molecule has 98 valence electrons. The fraction of sp³-hybridized carbons (Fsp3) is 0.400. The quantitative estimate of drug-likeness (QED) is 0.475. The average molecular weight is 335 g/mol. The van der Waals surface area contributed by atoms with Gasteiger partial charge in [-0.15, -0.1) is 22.2 Å². The van der Waals surface area contributed by atoms with Crippen molar-refractivity contribution in [1.82, 2.24) is 7.76 Å². The molecular formula is C10H17BCl2N2SSi2. The summed E-state index contributed by atoms with van der Waals surface area (Å²) in [6, 6.07) is 10.5. The molecule has 1 saturated heterocycles. The number of nitrogens with zero attached hydrogens (tertiary/aromatic N) is 2. The van der Waals surface area contributed by atoms with Gasteiger partial charge in [-0.25, -0.2) is 0 Å². The van der Waals surface area contributed by atoms with Crippen molar-refractivity contribution < 1.29 is 0 Å². The van der Waals surface area contributed by atoms with Crippen LogP contribution in [0.5, 0.6) is 0 Å². The third-order valence-corrected chi connectivity index (χ3v) is 11.0. The largest absolute Gasteiger partial charge is 0.356 e. The molecule has 8 heteroatoms. The van der Waals surface area contributed by atoms with Crippen LogP contribution in [0.1, 0.15) is 0 Å². The minimum absolute atomic E-state index is 0.231. The molecule has 0 radical (unpaired) electrons. The van der Waals surface area contributed by atoms with Gasteiger partial charge in [-0.3, -0.25) is 7.76 Å². The molecule has 2 nitrogen and oxygen atoms in total. The highest BCUT2D eigenvalue weighted by Gasteiger charge is 2.55. The summed E-state index contributed by atoms with van der Waals surface area (Å²) >= 11 is 14.9. The first kappa shape index (κ1) is 15.0. The Balaban J connectivity index is 2.30. The second-order valence-electron chi connectivity index (χ2n) is 5.34. The van der Waals surface area contributed by atoms with E-state index in [1.165, 1.54) is 5.46 Å². The van der Waals surface area contributed by atoms with Crippen LogP contribution in [0, 0.1) is 0 Å². The number of hydrogen-bond acceptors (Lipinski definition) is 3. The van der Waals surface area contributed by atoms with Crippen molar-refractivity contribution in [2.75, 3.05) is 0 Å². The van der Waals surface area contributed by atoms with Crippen molar-refractivity contribution in [2.24, 2.45) is 0 Å². The summed E-state index contributed by atoms with van der Waals surface area (Å²) in [5, 5.41) is 0. The van der Waals surface area contributed by atoms with Gasteiger partial charge in [0.25, 0.3) is 0 Å². The Bertz CT molecular complexity index is 404. The Hall–Kier alpha value is 0.569. The van der Waals surface area contributed by atoms with Gasteiger partial charge in [-0.05, 0) is 43.8 Å². The molecule has 0 aliphatic carbocycles. The van der Waals surface area contributed by atoms with Crippen molar-refractivity contribution in [3.8, 4) is 0 Å². The average Bonchev–Trinajstić information content (AvgIpc) is 2.12. The molecule has 0 aromatic heterocycles. The van der Waals surface area contributed by atoms with Crippen LogP contribution in [-0.4, -0.2) is 29.8 Å². The first-order chi connectivity index (χ1) is 8.21. The molecule has 0 N–H and O–H groups in total. The van der Waals surface area contributed by atoms with Crippen LogP contribution in [0.15, 0.2) is 30.3 Å². The van der Waals surface area contributed by atoms with E-state index < -0.39 is 15.1 Å². The van der Waals surface area contributed by atoms with E-state index in [2.05, 4.69) is 58.2 Å². The van der Waals surface area contributed by atoms with E-state index >= 15 is 0 Å². The maximum absolute atomic E-state index is 6.58. The normalized spacial score (nSPS) is 18.9. The first-order valence-electron chi connectivity index (χ1n) is 5.91. The van der Waals surface area contributed by atoms with Gasteiger partial charge in [0.2, 0.25) is 15.1 Å². The molecule has 0 saturated carbocycles. The van der Waals surface area contributed by atoms with E-state index in [9.17, 15) is 0 Å². The molecule has 1 fully saturated rings. The fourth-order valence-corrected chi connectivity index (χ4v) is 7.98. The van der Waals surface area contributed by atoms with Gasteiger partial charge in [-0.2, -0.15) is 0 Å². The van der Waals surface area contributed by atoms with Gasteiger partial charge in [0, 0.05) is 0 Å². The Morgan fingerprint density at radius 2 is 1.39 bits per heavy atom. The predicted molar refractivity (Wildman–Crippen MR) is 89.8 cm³/mol. The Morgan fingerprint density at radius 3 is 1.78 bits per heavy atom. The van der Waals surface area contributed by atoms with Crippen LogP contribution in [0.2, 0.25) is 26.2 Å². The lowest BCUT2D eigenvalue weighted by Crippen LogP contribution is -2.75. The van der Waals surface area contributed by atoms with Crippen LogP contribution >= 0.6 is 34.3 Å². The maximum atomic E-state index is 6.58. The molecular weight excluding hydrogens is 318 g/mol. The van der Waals surface area contributed by atoms with Gasteiger partial charge >= 0.3 is 6.98 Å². The van der Waals surface area contributed by atoms with E-state index in [-0.39, 0.29) is 6.98 Å². The topological polar surface area (TPSA) is 6.48 Å². The summed E-state index contributed by atoms with van der Waals surface area (Å²) in [6.07, 6.45) is 0. The van der Waals surface area contributed by atoms with E-state index in [1.54, 1.807) is 12.1 Å². The van der Waals surface area contributed by atoms with Crippen molar-refractivity contribution in [3.63, 3.8) is 0 Å². The van der Waals surface area contributed by atoms with Gasteiger partial charge in [0.05, 0.1) is 0 Å². The fourth-order valence-electron chi connectivity index (χ4n) is 1.91. The molecule has 18 heavy (non-hydrogen) atoms. The van der Waals surface area contributed by atoms with Crippen molar-refractivity contribution in [3.05, 3.63) is 30.3 Å². The van der Waals surface area contributed by atoms with Crippen molar-refractivity contribution in [2.45, 2.75) is 26.2 Å². The molecule has 0 unspecified atom stereocenters. The smallest absolute Gasteiger partial charge is 0.266 e. The van der Waals surface area contributed by atoms with Crippen LogP contribution in [0.3, 0.4) is 0 Å². The molecule has 2 rings (SSSR count). The highest BCUT2D eigenvalue weighted by Crippen LogP contribution is 2.43. The third-order valence-electron chi connectivity index (χ3n) is 2.77. The Morgan fingerprint density at radius 1 is 0.944 bits per heavy atom. The minimum atomic E-state index is -1.85. The van der Waals surface area contributed by atoms with Crippen LogP contribution < -0.4 is 5.46 Å². The van der Waals surface area contributed by atoms with Crippen LogP contribution in [-0.2, 0) is 0 Å². The lowest BCUT2D eigenvalue weighted by molar-refractivity contribution is 0.831. The summed E-state index contributed by atoms with van der Waals surface area (Å²) in [5.41, 5.74) is 1.28. The number of hydrogen-bond donors (Lipinski definition) is 0. The highest BCUT2D eigenvalue weighted by molar-refractivity contribution is 8.04. The van der Waals surface area contributed by atoms with E-state index in [1.807, 2.05) is 6.07 Å². The summed E-state index contributed by atoms with van der Waals surface area (Å²) in [7, 11) is -3.70. The summed E-state index contributed by atoms with van der Waals surface area (Å²) in [6.45, 7) is 8.83. The van der Waals surface area contributed by atoms with Gasteiger partial charge < -0.3 is 0 Å². The zero-order chi connectivity index (χ0) is 13.6. The number of halogens is 2. The molecule has 0 spiro atoms. The van der Waals surface area contributed by atoms with Gasteiger partial charge in [-0.1, -0.05) is 30.3 Å². The summed E-state index contributed by atoms with van der Waals surface area (Å²) in [5.74, 6) is 0. The van der Waals surface area contributed by atoms with Crippen LogP contribution in [0.4, 0.5) is 0 Å². The maximum Gasteiger partial charge on any atom is 0.356 e. The van der Waals surface area contributed by atoms with Crippen molar-refractivity contribution >= 4 is 61.8 Å². The number of benzene rings is 1. The lowest BCUT2D eigenvalue weighted by atomic mass is 9.71. The standard InChI is InChI=1S/C10H17BCl2N2SSi2/c1-17(2,12)14-11(10-8-6-5-7-9-10)15(16-14)18(3,4)13/h5-9H,1-4H3. The Kier molecular flexibility index (Phi) is 4.29. The molecule has 0 amide bonds. The van der Waals surface area contributed by atoms with E-state index in [0.29, 0.717) is 0 Å². The van der Waals surface area contributed by atoms with Crippen LogP contribution in [0.25, 0.3) is 0 Å². The predicted octanol–water partition coefficient (Wildman–Crippen LogP) is 3.44. The molecule has 0 bridgehead atoms. The monoisotopic (exact) mass is 334 g/mol. The molecule has 1 heterocycles. The highest BCUT2D eigenvalue weighted by atomic mass is 35.6. The SMILES string of the molecule is C[Si](C)(Cl)N1SN([Si](C)(C)Cl)B1c1ccccc1. The first-order valence-corrected chi connectivity index (χ1v) is 14.6. The molecule has 1 aliphatic rings. The summed E-state index contributed by atoms with van der Waals surface area (Å²) < 4.78 is 4.67. The summed E-state index contributed by atoms with van der Waals surface area (Å²) in [4.78, 5) is 0. The van der Waals surface area contributed by atoms with Crippen molar-refractivity contribution in [1.29, 1.82) is 0 Å².